The van der Waals surface area contributed by atoms with Crippen molar-refractivity contribution in [1.29, 1.82) is 5.41 Å². The van der Waals surface area contributed by atoms with Gasteiger partial charge in [-0.05, 0) is 42.3 Å². The molecule has 1 aliphatic rings. The number of nitrogens with zero attached hydrogens (tertiary/aromatic N) is 1. The van der Waals surface area contributed by atoms with Crippen LogP contribution >= 0.6 is 12.4 Å². The molecule has 0 spiro atoms. The van der Waals surface area contributed by atoms with E-state index in [-0.39, 0.29) is 30.6 Å². The van der Waals surface area contributed by atoms with Gasteiger partial charge in [0.2, 0.25) is 0 Å². The Morgan fingerprint density at radius 2 is 1.81 bits per heavy atom. The number of carboxylic acid groups (broad SMARTS) is 1. The number of amides is 2. The largest absolute Gasteiger partial charge is 0.481 e. The number of hydrogen-bond acceptors (Lipinski definition) is 4. The zero-order valence-electron chi connectivity index (χ0n) is 17.5. The SMILES string of the molecule is Cc1cc(C(=O)NC(CC(=O)O)c2cccc(C(=N)N)c2)ccc1C(=O)N1CC=CC1.Cl. The van der Waals surface area contributed by atoms with E-state index in [4.69, 9.17) is 11.1 Å². The van der Waals surface area contributed by atoms with E-state index >= 15 is 0 Å². The highest BCUT2D eigenvalue weighted by Gasteiger charge is 2.22. The van der Waals surface area contributed by atoms with Gasteiger partial charge >= 0.3 is 5.97 Å². The molecule has 2 aromatic carbocycles. The number of nitrogens with two attached hydrogens (primary N) is 1. The van der Waals surface area contributed by atoms with Gasteiger partial charge in [-0.1, -0.05) is 30.4 Å². The number of carboxylic acids is 1. The first-order valence-electron chi connectivity index (χ1n) is 9.78. The van der Waals surface area contributed by atoms with Crippen molar-refractivity contribution in [3.8, 4) is 0 Å². The van der Waals surface area contributed by atoms with Crippen molar-refractivity contribution in [3.63, 3.8) is 0 Å². The van der Waals surface area contributed by atoms with Gasteiger partial charge in [-0.15, -0.1) is 12.4 Å². The molecule has 3 rings (SSSR count). The number of carbonyl (C=O) groups is 3. The molecule has 5 N–H and O–H groups in total. The molecule has 0 aromatic heterocycles. The predicted molar refractivity (Wildman–Crippen MR) is 123 cm³/mol. The number of nitrogen functional groups attached to an aromatic ring is 1. The zero-order chi connectivity index (χ0) is 22.5. The van der Waals surface area contributed by atoms with Gasteiger partial charge in [0, 0.05) is 29.8 Å². The minimum Gasteiger partial charge on any atom is -0.481 e. The number of nitrogens with one attached hydrogen (secondary N) is 2. The second-order valence-electron chi connectivity index (χ2n) is 7.37. The molecule has 2 amide bonds. The Hall–Kier alpha value is -3.65. The number of benzene rings is 2. The van der Waals surface area contributed by atoms with Gasteiger partial charge in [-0.3, -0.25) is 19.8 Å². The van der Waals surface area contributed by atoms with Crippen LogP contribution in [-0.2, 0) is 4.79 Å². The molecule has 1 heterocycles. The number of amidine groups is 1. The highest BCUT2D eigenvalue weighted by atomic mass is 35.5. The van der Waals surface area contributed by atoms with Crippen LogP contribution in [0.15, 0.2) is 54.6 Å². The molecule has 8 nitrogen and oxygen atoms in total. The van der Waals surface area contributed by atoms with E-state index in [0.717, 1.165) is 0 Å². The highest BCUT2D eigenvalue weighted by Crippen LogP contribution is 2.21. The number of halogens is 1. The summed E-state index contributed by atoms with van der Waals surface area (Å²) in [5.74, 6) is -1.77. The fourth-order valence-electron chi connectivity index (χ4n) is 3.45. The lowest BCUT2D eigenvalue weighted by Crippen LogP contribution is -2.31. The Bertz CT molecular complexity index is 1080. The molecular weight excluding hydrogens is 432 g/mol. The van der Waals surface area contributed by atoms with Gasteiger partial charge in [-0.2, -0.15) is 0 Å². The van der Waals surface area contributed by atoms with Crippen LogP contribution in [0.25, 0.3) is 0 Å². The minimum absolute atomic E-state index is 0. The van der Waals surface area contributed by atoms with Gasteiger partial charge < -0.3 is 21.1 Å². The number of aliphatic carboxylic acids is 1. The minimum atomic E-state index is -1.07. The summed E-state index contributed by atoms with van der Waals surface area (Å²) in [4.78, 5) is 38.5. The van der Waals surface area contributed by atoms with Crippen LogP contribution in [0.3, 0.4) is 0 Å². The number of carbonyl (C=O) groups excluding carboxylic acids is 2. The quantitative estimate of drug-likeness (QED) is 0.288. The van der Waals surface area contributed by atoms with Crippen LogP contribution in [0, 0.1) is 12.3 Å². The number of aryl methyl sites for hydroxylation is 1. The molecule has 0 aliphatic carbocycles. The van der Waals surface area contributed by atoms with E-state index in [0.29, 0.717) is 40.9 Å². The van der Waals surface area contributed by atoms with Crippen molar-refractivity contribution < 1.29 is 19.5 Å². The Labute approximate surface area is 192 Å². The van der Waals surface area contributed by atoms with Gasteiger partial charge in [0.15, 0.2) is 0 Å². The maximum atomic E-state index is 12.8. The third-order valence-electron chi connectivity index (χ3n) is 5.11. The highest BCUT2D eigenvalue weighted by molar-refractivity contribution is 5.99. The molecule has 0 saturated carbocycles. The van der Waals surface area contributed by atoms with Crippen molar-refractivity contribution in [3.05, 3.63) is 82.4 Å². The molecule has 168 valence electrons. The molecule has 0 saturated heterocycles. The molecule has 1 aliphatic heterocycles. The van der Waals surface area contributed by atoms with Gasteiger partial charge in [0.1, 0.15) is 5.84 Å². The molecule has 0 fully saturated rings. The van der Waals surface area contributed by atoms with E-state index in [9.17, 15) is 19.5 Å². The van der Waals surface area contributed by atoms with Crippen molar-refractivity contribution in [2.45, 2.75) is 19.4 Å². The first kappa shape index (κ1) is 24.6. The average molecular weight is 457 g/mol. The van der Waals surface area contributed by atoms with Crippen molar-refractivity contribution in [2.24, 2.45) is 5.73 Å². The lowest BCUT2D eigenvalue weighted by molar-refractivity contribution is -0.137. The zero-order valence-corrected chi connectivity index (χ0v) is 18.3. The van der Waals surface area contributed by atoms with Crippen molar-refractivity contribution in [2.75, 3.05) is 13.1 Å². The second-order valence-corrected chi connectivity index (χ2v) is 7.37. The molecule has 0 radical (unpaired) electrons. The lowest BCUT2D eigenvalue weighted by atomic mass is 9.99. The van der Waals surface area contributed by atoms with Crippen LogP contribution < -0.4 is 11.1 Å². The topological polar surface area (TPSA) is 137 Å². The Morgan fingerprint density at radius 3 is 2.41 bits per heavy atom. The Morgan fingerprint density at radius 1 is 1.12 bits per heavy atom. The summed E-state index contributed by atoms with van der Waals surface area (Å²) in [5, 5.41) is 19.6. The average Bonchev–Trinajstić information content (AvgIpc) is 3.27. The second kappa shape index (κ2) is 10.6. The van der Waals surface area contributed by atoms with Crippen LogP contribution in [0.2, 0.25) is 0 Å². The molecule has 9 heteroatoms. The maximum absolute atomic E-state index is 12.8. The van der Waals surface area contributed by atoms with Crippen LogP contribution in [0.5, 0.6) is 0 Å². The van der Waals surface area contributed by atoms with Crippen molar-refractivity contribution in [1.82, 2.24) is 10.2 Å². The summed E-state index contributed by atoms with van der Waals surface area (Å²) >= 11 is 0. The van der Waals surface area contributed by atoms with Crippen LogP contribution in [0.4, 0.5) is 0 Å². The molecule has 1 unspecified atom stereocenters. The van der Waals surface area contributed by atoms with Gasteiger partial charge in [0.25, 0.3) is 11.8 Å². The first-order chi connectivity index (χ1) is 14.8. The molecule has 1 atom stereocenters. The Balaban J connectivity index is 0.00000363. The fourth-order valence-corrected chi connectivity index (χ4v) is 3.45. The third-order valence-corrected chi connectivity index (χ3v) is 5.11. The lowest BCUT2D eigenvalue weighted by Gasteiger charge is -2.19. The van der Waals surface area contributed by atoms with E-state index in [2.05, 4.69) is 5.32 Å². The Kier molecular flexibility index (Phi) is 8.15. The van der Waals surface area contributed by atoms with Crippen molar-refractivity contribution >= 4 is 36.0 Å². The van der Waals surface area contributed by atoms with Crippen LogP contribution in [0.1, 0.15) is 49.9 Å². The first-order valence-corrected chi connectivity index (χ1v) is 9.78. The van der Waals surface area contributed by atoms with Crippen LogP contribution in [-0.4, -0.2) is 46.7 Å². The molecule has 0 bridgehead atoms. The molecule has 2 aromatic rings. The summed E-state index contributed by atoms with van der Waals surface area (Å²) < 4.78 is 0. The van der Waals surface area contributed by atoms with Gasteiger partial charge in [0.05, 0.1) is 12.5 Å². The molecular formula is C23H25ClN4O4. The van der Waals surface area contributed by atoms with E-state index in [1.54, 1.807) is 54.3 Å². The number of rotatable bonds is 7. The number of hydrogen-bond donors (Lipinski definition) is 4. The summed E-state index contributed by atoms with van der Waals surface area (Å²) in [5.41, 5.74) is 8.01. The monoisotopic (exact) mass is 456 g/mol. The normalized spacial score (nSPS) is 13.2. The predicted octanol–water partition coefficient (Wildman–Crippen LogP) is 2.66. The summed E-state index contributed by atoms with van der Waals surface area (Å²) in [6, 6.07) is 10.6. The van der Waals surface area contributed by atoms with E-state index in [1.807, 2.05) is 12.2 Å². The summed E-state index contributed by atoms with van der Waals surface area (Å²) in [6.07, 6.45) is 3.53. The third kappa shape index (κ3) is 5.73. The summed E-state index contributed by atoms with van der Waals surface area (Å²) in [7, 11) is 0. The fraction of sp³-hybridized carbons (Fsp3) is 0.217. The smallest absolute Gasteiger partial charge is 0.305 e. The van der Waals surface area contributed by atoms with E-state index < -0.39 is 17.9 Å². The summed E-state index contributed by atoms with van der Waals surface area (Å²) in [6.45, 7) is 2.89. The molecule has 32 heavy (non-hydrogen) atoms. The van der Waals surface area contributed by atoms with Gasteiger partial charge in [-0.25, -0.2) is 0 Å². The standard InChI is InChI=1S/C23H24N4O4.ClH/c1-14-11-17(7-8-18(14)23(31)27-9-2-3-10-27)22(30)26-19(13-20(28)29)15-5-4-6-16(12-15)21(24)25;/h2-8,11-12,19H,9-10,13H2,1H3,(H3,24,25)(H,26,30)(H,28,29);1H. The maximum Gasteiger partial charge on any atom is 0.305 e. The van der Waals surface area contributed by atoms with E-state index in [1.165, 1.54) is 0 Å².